The van der Waals surface area contributed by atoms with E-state index in [1.165, 1.54) is 4.57 Å². The highest BCUT2D eigenvalue weighted by molar-refractivity contribution is 5.76. The van der Waals surface area contributed by atoms with Gasteiger partial charge < -0.3 is 21.4 Å². The number of hydrogen-bond donors (Lipinski definition) is 5. The van der Waals surface area contributed by atoms with Gasteiger partial charge in [0.15, 0.2) is 5.96 Å². The molecule has 2 aromatic rings. The number of fused-ring (bicyclic) bond motifs is 1. The monoisotopic (exact) mass is 319 g/mol. The Bertz CT molecular complexity index is 762. The molecule has 0 fully saturated rings. The van der Waals surface area contributed by atoms with Crippen molar-refractivity contribution < 1.29 is 4.79 Å². The second-order valence-electron chi connectivity index (χ2n) is 5.27. The molecule has 9 nitrogen and oxygen atoms in total. The largest absolute Gasteiger partial charge is 0.370 e. The van der Waals surface area contributed by atoms with Gasteiger partial charge in [0.05, 0.1) is 0 Å². The molecule has 2 heterocycles. The van der Waals surface area contributed by atoms with Crippen LogP contribution in [0, 0.1) is 12.3 Å². The van der Waals surface area contributed by atoms with E-state index in [0.29, 0.717) is 25.2 Å². The average molecular weight is 319 g/mol. The van der Waals surface area contributed by atoms with Gasteiger partial charge in [-0.05, 0) is 19.4 Å². The number of nitrogens with zero attached hydrogens (tertiary/aromatic N) is 2. The molecule has 1 amide bonds. The molecular weight excluding hydrogens is 298 g/mol. The maximum Gasteiger partial charge on any atom is 0.349 e. The smallest absolute Gasteiger partial charge is 0.349 e. The molecule has 6 N–H and O–H groups in total. The van der Waals surface area contributed by atoms with Crippen LogP contribution in [0.5, 0.6) is 0 Å². The molecule has 0 saturated heterocycles. The number of aryl methyl sites for hydroxylation is 2. The normalized spacial score (nSPS) is 10.7. The molecule has 0 atom stereocenters. The van der Waals surface area contributed by atoms with Gasteiger partial charge in [-0.3, -0.25) is 14.8 Å². The van der Waals surface area contributed by atoms with E-state index in [9.17, 15) is 9.59 Å². The molecule has 0 aliphatic heterocycles. The van der Waals surface area contributed by atoms with Crippen molar-refractivity contribution >= 4 is 22.9 Å². The van der Waals surface area contributed by atoms with Gasteiger partial charge in [-0.25, -0.2) is 4.79 Å². The van der Waals surface area contributed by atoms with Crippen LogP contribution in [0.15, 0.2) is 17.1 Å². The third-order valence-electron chi connectivity index (χ3n) is 3.28. The lowest BCUT2D eigenvalue weighted by molar-refractivity contribution is -0.121. The van der Waals surface area contributed by atoms with Crippen LogP contribution in [0.2, 0.25) is 0 Å². The lowest BCUT2D eigenvalue weighted by Crippen LogP contribution is -2.34. The first-order chi connectivity index (χ1) is 11.0. The number of aromatic nitrogens is 3. The Labute approximate surface area is 132 Å². The lowest BCUT2D eigenvalue weighted by Gasteiger charge is -2.07. The van der Waals surface area contributed by atoms with Gasteiger partial charge in [-0.15, -0.1) is 0 Å². The molecule has 0 saturated carbocycles. The Hall–Kier alpha value is -2.84. The van der Waals surface area contributed by atoms with Gasteiger partial charge in [0.1, 0.15) is 5.65 Å². The SMILES string of the molecule is Cc1cc2cn(CCC(=O)NCCCNC(=N)N)c(=O)nc2[nH]1. The summed E-state index contributed by atoms with van der Waals surface area (Å²) >= 11 is 0. The predicted molar refractivity (Wildman–Crippen MR) is 87.3 cm³/mol. The van der Waals surface area contributed by atoms with Crippen molar-refractivity contribution in [3.63, 3.8) is 0 Å². The fraction of sp³-hybridized carbons (Fsp3) is 0.429. The standard InChI is InChI=1S/C14H21N7O2/c1-9-7-10-8-21(14(23)20-12(10)19-9)6-3-11(22)17-4-2-5-18-13(15)16/h7-8H,2-6H2,1H3,(H,17,22)(H4,15,16,18)(H,19,20,23). The van der Waals surface area contributed by atoms with Crippen molar-refractivity contribution in [2.75, 3.05) is 13.1 Å². The molecule has 9 heteroatoms. The van der Waals surface area contributed by atoms with E-state index in [1.54, 1.807) is 6.20 Å². The number of guanidine groups is 1. The molecule has 124 valence electrons. The van der Waals surface area contributed by atoms with Crippen molar-refractivity contribution in [2.24, 2.45) is 5.73 Å². The number of hydrogen-bond acceptors (Lipinski definition) is 4. The van der Waals surface area contributed by atoms with Gasteiger partial charge in [-0.2, -0.15) is 4.98 Å². The maximum absolute atomic E-state index is 11.9. The van der Waals surface area contributed by atoms with Crippen molar-refractivity contribution in [2.45, 2.75) is 26.3 Å². The van der Waals surface area contributed by atoms with Crippen LogP contribution in [0.3, 0.4) is 0 Å². The van der Waals surface area contributed by atoms with Crippen molar-refractivity contribution in [1.29, 1.82) is 5.41 Å². The minimum absolute atomic E-state index is 0.0846. The summed E-state index contributed by atoms with van der Waals surface area (Å²) in [6.07, 6.45) is 2.58. The van der Waals surface area contributed by atoms with Crippen molar-refractivity contribution in [1.82, 2.24) is 25.2 Å². The van der Waals surface area contributed by atoms with E-state index in [0.717, 1.165) is 11.1 Å². The van der Waals surface area contributed by atoms with Gasteiger partial charge >= 0.3 is 5.69 Å². The molecule has 23 heavy (non-hydrogen) atoms. The summed E-state index contributed by atoms with van der Waals surface area (Å²) in [5.41, 5.74) is 6.26. The number of H-pyrrole nitrogens is 1. The number of nitrogens with two attached hydrogens (primary N) is 1. The summed E-state index contributed by atoms with van der Waals surface area (Å²) in [5.74, 6) is -0.219. The van der Waals surface area contributed by atoms with Crippen molar-refractivity contribution in [3.05, 3.63) is 28.4 Å². The van der Waals surface area contributed by atoms with Gasteiger partial charge in [0.25, 0.3) is 0 Å². The molecule has 0 radical (unpaired) electrons. The van der Waals surface area contributed by atoms with Crippen LogP contribution in [0.4, 0.5) is 0 Å². The number of amides is 1. The quantitative estimate of drug-likeness (QED) is 0.263. The molecule has 0 aliphatic rings. The van der Waals surface area contributed by atoms with E-state index in [1.807, 2.05) is 13.0 Å². The van der Waals surface area contributed by atoms with Gasteiger partial charge in [-0.1, -0.05) is 0 Å². The summed E-state index contributed by atoms with van der Waals surface area (Å²) < 4.78 is 1.44. The van der Waals surface area contributed by atoms with Crippen LogP contribution in [0.25, 0.3) is 11.0 Å². The Morgan fingerprint density at radius 1 is 1.43 bits per heavy atom. The molecular formula is C14H21N7O2. The lowest BCUT2D eigenvalue weighted by atomic mass is 10.3. The van der Waals surface area contributed by atoms with Crippen LogP contribution in [-0.4, -0.2) is 39.5 Å². The first-order valence-corrected chi connectivity index (χ1v) is 7.37. The van der Waals surface area contributed by atoms with E-state index in [-0.39, 0.29) is 30.5 Å². The topological polar surface area (TPSA) is 142 Å². The second kappa shape index (κ2) is 7.43. The Morgan fingerprint density at radius 2 is 2.17 bits per heavy atom. The van der Waals surface area contributed by atoms with Crippen LogP contribution in [-0.2, 0) is 11.3 Å². The summed E-state index contributed by atoms with van der Waals surface area (Å²) in [6.45, 7) is 3.19. The van der Waals surface area contributed by atoms with Gasteiger partial charge in [0.2, 0.25) is 5.91 Å². The molecule has 0 spiro atoms. The molecule has 0 bridgehead atoms. The van der Waals surface area contributed by atoms with E-state index < -0.39 is 0 Å². The number of carbonyl (C=O) groups excluding carboxylic acids is 1. The highest BCUT2D eigenvalue weighted by atomic mass is 16.2. The Kier molecular flexibility index (Phi) is 5.34. The van der Waals surface area contributed by atoms with Crippen LogP contribution in [0.1, 0.15) is 18.5 Å². The number of nitrogens with one attached hydrogen (secondary N) is 4. The zero-order valence-electron chi connectivity index (χ0n) is 13.0. The minimum Gasteiger partial charge on any atom is -0.370 e. The molecule has 2 aromatic heterocycles. The third kappa shape index (κ3) is 4.83. The Morgan fingerprint density at radius 3 is 2.91 bits per heavy atom. The molecule has 2 rings (SSSR count). The summed E-state index contributed by atoms with van der Waals surface area (Å²) in [6, 6.07) is 1.90. The fourth-order valence-corrected chi connectivity index (χ4v) is 2.18. The first kappa shape index (κ1) is 16.5. The maximum atomic E-state index is 11.9. The highest BCUT2D eigenvalue weighted by Gasteiger charge is 2.06. The highest BCUT2D eigenvalue weighted by Crippen LogP contribution is 2.09. The van der Waals surface area contributed by atoms with E-state index >= 15 is 0 Å². The van der Waals surface area contributed by atoms with Crippen LogP contribution < -0.4 is 22.1 Å². The molecule has 0 unspecified atom stereocenters. The van der Waals surface area contributed by atoms with Crippen molar-refractivity contribution in [3.8, 4) is 0 Å². The second-order valence-corrected chi connectivity index (χ2v) is 5.27. The molecule has 0 aromatic carbocycles. The third-order valence-corrected chi connectivity index (χ3v) is 3.28. The summed E-state index contributed by atoms with van der Waals surface area (Å²) in [7, 11) is 0. The number of aromatic amines is 1. The molecule has 0 aliphatic carbocycles. The van der Waals surface area contributed by atoms with Crippen LogP contribution >= 0.6 is 0 Å². The zero-order valence-corrected chi connectivity index (χ0v) is 13.0. The van der Waals surface area contributed by atoms with E-state index in [2.05, 4.69) is 20.6 Å². The predicted octanol–water partition coefficient (Wildman–Crippen LogP) is -0.588. The minimum atomic E-state index is -0.377. The zero-order chi connectivity index (χ0) is 16.8. The Balaban J connectivity index is 1.81. The van der Waals surface area contributed by atoms with Gasteiger partial charge in [0, 0.05) is 43.3 Å². The number of carbonyl (C=O) groups is 1. The summed E-state index contributed by atoms with van der Waals surface area (Å²) in [4.78, 5) is 30.6. The first-order valence-electron chi connectivity index (χ1n) is 7.37. The summed E-state index contributed by atoms with van der Waals surface area (Å²) in [5, 5.41) is 13.3. The number of rotatable bonds is 7. The fourth-order valence-electron chi connectivity index (χ4n) is 2.18. The van der Waals surface area contributed by atoms with E-state index in [4.69, 9.17) is 11.1 Å². The average Bonchev–Trinajstić information content (AvgIpc) is 2.83.